The van der Waals surface area contributed by atoms with Crippen LogP contribution < -0.4 is 4.72 Å². The van der Waals surface area contributed by atoms with Gasteiger partial charge in [-0.3, -0.25) is 0 Å². The normalized spacial score (nSPS) is 19.3. The molecule has 0 amide bonds. The molecule has 0 heterocycles. The highest BCUT2D eigenvalue weighted by molar-refractivity contribution is 9.09. The van der Waals surface area contributed by atoms with Crippen LogP contribution in [0.25, 0.3) is 0 Å². The Kier molecular flexibility index (Phi) is 4.63. The van der Waals surface area contributed by atoms with E-state index in [0.717, 1.165) is 44.2 Å². The van der Waals surface area contributed by atoms with Crippen LogP contribution in [0, 0.1) is 5.82 Å². The zero-order valence-electron chi connectivity index (χ0n) is 10.5. The summed E-state index contributed by atoms with van der Waals surface area (Å²) < 4.78 is 40.3. The van der Waals surface area contributed by atoms with Gasteiger partial charge < -0.3 is 0 Å². The molecule has 106 valence electrons. The van der Waals surface area contributed by atoms with E-state index in [1.165, 1.54) is 12.1 Å². The molecule has 1 aromatic carbocycles. The largest absolute Gasteiger partial charge is 0.241 e. The van der Waals surface area contributed by atoms with Gasteiger partial charge in [0.1, 0.15) is 5.82 Å². The van der Waals surface area contributed by atoms with Gasteiger partial charge in [0.2, 0.25) is 10.0 Å². The Labute approximate surface area is 121 Å². The molecule has 3 nitrogen and oxygen atoms in total. The van der Waals surface area contributed by atoms with Crippen molar-refractivity contribution in [2.24, 2.45) is 0 Å². The summed E-state index contributed by atoms with van der Waals surface area (Å²) in [5.41, 5.74) is -0.411. The maximum absolute atomic E-state index is 12.9. The summed E-state index contributed by atoms with van der Waals surface area (Å²) >= 11 is 3.42. The predicted octanol–water partition coefficient (Wildman–Crippen LogP) is 3.20. The van der Waals surface area contributed by atoms with Crippen molar-refractivity contribution in [3.63, 3.8) is 0 Å². The number of nitrogens with one attached hydrogen (secondary N) is 1. The van der Waals surface area contributed by atoms with E-state index >= 15 is 0 Å². The van der Waals surface area contributed by atoms with E-state index in [1.54, 1.807) is 0 Å². The highest BCUT2D eigenvalue weighted by Gasteiger charge is 2.35. The lowest BCUT2D eigenvalue weighted by atomic mass is 9.84. The van der Waals surface area contributed by atoms with Crippen molar-refractivity contribution in [3.8, 4) is 0 Å². The van der Waals surface area contributed by atoms with E-state index in [9.17, 15) is 12.8 Å². The van der Waals surface area contributed by atoms with Gasteiger partial charge in [-0.2, -0.15) is 0 Å². The Morgan fingerprint density at radius 1 is 1.16 bits per heavy atom. The zero-order chi connectivity index (χ0) is 13.9. The zero-order valence-corrected chi connectivity index (χ0v) is 12.9. The summed E-state index contributed by atoms with van der Waals surface area (Å²) in [6, 6.07) is 4.91. The maximum atomic E-state index is 12.9. The molecule has 6 heteroatoms. The number of hydrogen-bond acceptors (Lipinski definition) is 2. The minimum Gasteiger partial charge on any atom is -0.207 e. The van der Waals surface area contributed by atoms with E-state index in [2.05, 4.69) is 20.7 Å². The fourth-order valence-corrected chi connectivity index (χ4v) is 4.79. The fraction of sp³-hybridized carbons (Fsp3) is 0.538. The molecule has 1 fully saturated rings. The van der Waals surface area contributed by atoms with Crippen molar-refractivity contribution in [2.45, 2.75) is 42.5 Å². The smallest absolute Gasteiger partial charge is 0.207 e. The third-order valence-corrected chi connectivity index (χ3v) is 6.21. The molecular weight excluding hydrogens is 333 g/mol. The van der Waals surface area contributed by atoms with Crippen LogP contribution >= 0.6 is 15.9 Å². The molecule has 0 radical (unpaired) electrons. The first-order chi connectivity index (χ1) is 8.97. The molecule has 0 aromatic heterocycles. The highest BCUT2D eigenvalue weighted by Crippen LogP contribution is 2.31. The maximum Gasteiger partial charge on any atom is 0.241 e. The van der Waals surface area contributed by atoms with Crippen LogP contribution in [-0.2, 0) is 10.0 Å². The number of sulfonamides is 1. The minimum absolute atomic E-state index is 0.111. The van der Waals surface area contributed by atoms with Crippen LogP contribution in [0.2, 0.25) is 0 Å². The Hall–Kier alpha value is -0.460. The standard InChI is InChI=1S/C13H17BrFNO2S/c14-10-13(8-2-1-3-9-13)16-19(17,18)12-6-4-11(15)5-7-12/h4-7,16H,1-3,8-10H2. The van der Waals surface area contributed by atoms with Crippen molar-refractivity contribution < 1.29 is 12.8 Å². The quantitative estimate of drug-likeness (QED) is 0.848. The van der Waals surface area contributed by atoms with Gasteiger partial charge >= 0.3 is 0 Å². The molecule has 1 saturated carbocycles. The topological polar surface area (TPSA) is 46.2 Å². The number of rotatable bonds is 4. The Balaban J connectivity index is 2.22. The van der Waals surface area contributed by atoms with Crippen LogP contribution in [-0.4, -0.2) is 19.3 Å². The summed E-state index contributed by atoms with van der Waals surface area (Å²) in [5.74, 6) is -0.438. The van der Waals surface area contributed by atoms with Gasteiger partial charge in [-0.15, -0.1) is 0 Å². The van der Waals surface area contributed by atoms with Crippen molar-refractivity contribution >= 4 is 26.0 Å². The van der Waals surface area contributed by atoms with Crippen LogP contribution in [0.4, 0.5) is 4.39 Å². The predicted molar refractivity (Wildman–Crippen MR) is 76.3 cm³/mol. The molecule has 1 aliphatic rings. The van der Waals surface area contributed by atoms with E-state index in [4.69, 9.17) is 0 Å². The third kappa shape index (κ3) is 3.55. The van der Waals surface area contributed by atoms with E-state index in [-0.39, 0.29) is 4.90 Å². The van der Waals surface area contributed by atoms with Gasteiger partial charge in [0, 0.05) is 10.9 Å². The van der Waals surface area contributed by atoms with E-state index in [0.29, 0.717) is 5.33 Å². The Bertz CT molecular complexity index is 524. The first kappa shape index (κ1) is 14.9. The van der Waals surface area contributed by atoms with Crippen molar-refractivity contribution in [1.82, 2.24) is 4.72 Å². The summed E-state index contributed by atoms with van der Waals surface area (Å²) in [6.45, 7) is 0. The molecule has 0 aliphatic heterocycles. The average Bonchev–Trinajstić information content (AvgIpc) is 2.40. The molecule has 1 N–H and O–H groups in total. The molecular formula is C13H17BrFNO2S. The van der Waals surface area contributed by atoms with E-state index < -0.39 is 21.4 Å². The molecule has 0 unspecified atom stereocenters. The molecule has 1 aliphatic carbocycles. The van der Waals surface area contributed by atoms with Gasteiger partial charge in [-0.25, -0.2) is 17.5 Å². The molecule has 0 saturated heterocycles. The summed E-state index contributed by atoms with van der Waals surface area (Å²) in [4.78, 5) is 0.111. The number of hydrogen-bond donors (Lipinski definition) is 1. The van der Waals surface area contributed by atoms with Crippen molar-refractivity contribution in [2.75, 3.05) is 5.33 Å². The van der Waals surface area contributed by atoms with Gasteiger partial charge in [0.15, 0.2) is 0 Å². The van der Waals surface area contributed by atoms with Crippen LogP contribution in [0.5, 0.6) is 0 Å². The SMILES string of the molecule is O=S(=O)(NC1(CBr)CCCCC1)c1ccc(F)cc1. The van der Waals surface area contributed by atoms with Crippen molar-refractivity contribution in [3.05, 3.63) is 30.1 Å². The second kappa shape index (κ2) is 5.89. The van der Waals surface area contributed by atoms with Gasteiger partial charge in [0.05, 0.1) is 4.90 Å². The fourth-order valence-electron chi connectivity index (χ4n) is 2.45. The number of benzene rings is 1. The van der Waals surface area contributed by atoms with Crippen molar-refractivity contribution in [1.29, 1.82) is 0 Å². The lowest BCUT2D eigenvalue weighted by Crippen LogP contribution is -2.51. The number of halogens is 2. The number of alkyl halides is 1. The van der Waals surface area contributed by atoms with Gasteiger partial charge in [0.25, 0.3) is 0 Å². The molecule has 0 spiro atoms. The third-order valence-electron chi connectivity index (χ3n) is 3.54. The van der Waals surface area contributed by atoms with Gasteiger partial charge in [-0.1, -0.05) is 35.2 Å². The highest BCUT2D eigenvalue weighted by atomic mass is 79.9. The van der Waals surface area contributed by atoms with Crippen LogP contribution in [0.1, 0.15) is 32.1 Å². The lowest BCUT2D eigenvalue weighted by Gasteiger charge is -2.36. The van der Waals surface area contributed by atoms with E-state index in [1.807, 2.05) is 0 Å². The molecule has 19 heavy (non-hydrogen) atoms. The first-order valence-electron chi connectivity index (χ1n) is 6.33. The summed E-state index contributed by atoms with van der Waals surface area (Å²) in [5, 5.41) is 0.598. The molecule has 1 aromatic rings. The minimum atomic E-state index is -3.59. The molecule has 0 atom stereocenters. The summed E-state index contributed by atoms with van der Waals surface area (Å²) in [6.07, 6.45) is 4.86. The second-order valence-electron chi connectivity index (χ2n) is 5.03. The van der Waals surface area contributed by atoms with Crippen LogP contribution in [0.15, 0.2) is 29.2 Å². The molecule has 2 rings (SSSR count). The first-order valence-corrected chi connectivity index (χ1v) is 8.93. The molecule has 0 bridgehead atoms. The second-order valence-corrected chi connectivity index (χ2v) is 7.28. The monoisotopic (exact) mass is 349 g/mol. The van der Waals surface area contributed by atoms with Gasteiger partial charge in [-0.05, 0) is 37.1 Å². The Morgan fingerprint density at radius 2 is 1.74 bits per heavy atom. The lowest BCUT2D eigenvalue weighted by molar-refractivity contribution is 0.301. The summed E-state index contributed by atoms with van der Waals surface area (Å²) in [7, 11) is -3.59. The average molecular weight is 350 g/mol. The van der Waals surface area contributed by atoms with Crippen LogP contribution in [0.3, 0.4) is 0 Å². The Morgan fingerprint density at radius 3 is 2.26 bits per heavy atom.